The number of amides is 2. The van der Waals surface area contributed by atoms with Gasteiger partial charge in [0.25, 0.3) is 11.8 Å². The van der Waals surface area contributed by atoms with Crippen LogP contribution in [0, 0.1) is 6.92 Å². The first-order valence-electron chi connectivity index (χ1n) is 10.6. The molecule has 2 saturated heterocycles. The van der Waals surface area contributed by atoms with Gasteiger partial charge in [-0.05, 0) is 50.6 Å². The number of thiocarbonyl (C=S) groups is 1. The summed E-state index contributed by atoms with van der Waals surface area (Å²) < 4.78 is 0.460. The second-order valence-corrected chi connectivity index (χ2v) is 9.71. The number of hydrogen-bond donors (Lipinski definition) is 0. The molecule has 2 fully saturated rings. The largest absolute Gasteiger partial charge is 0.294 e. The number of carbonyl (C=O) groups is 2. The zero-order valence-corrected chi connectivity index (χ0v) is 19.0. The van der Waals surface area contributed by atoms with Crippen LogP contribution < -0.4 is 9.80 Å². The maximum Gasteiger partial charge on any atom is 0.271 e. The van der Waals surface area contributed by atoms with Crippen LogP contribution in [-0.2, 0) is 9.59 Å². The van der Waals surface area contributed by atoms with E-state index < -0.39 is 0 Å². The van der Waals surface area contributed by atoms with E-state index in [-0.39, 0.29) is 11.8 Å². The van der Waals surface area contributed by atoms with Crippen molar-refractivity contribution < 1.29 is 9.59 Å². The van der Waals surface area contributed by atoms with Crippen molar-refractivity contribution in [2.75, 3.05) is 29.6 Å². The molecule has 5 nitrogen and oxygen atoms in total. The van der Waals surface area contributed by atoms with Gasteiger partial charge in [-0.15, -0.1) is 0 Å². The summed E-state index contributed by atoms with van der Waals surface area (Å²) in [6, 6.07) is 15.4. The quantitative estimate of drug-likeness (QED) is 0.508. The van der Waals surface area contributed by atoms with Gasteiger partial charge in [0.15, 0.2) is 4.32 Å². The molecule has 3 aliphatic rings. The first-order valence-corrected chi connectivity index (χ1v) is 11.8. The van der Waals surface area contributed by atoms with Crippen LogP contribution in [-0.4, -0.2) is 40.8 Å². The van der Waals surface area contributed by atoms with Crippen LogP contribution in [0.3, 0.4) is 0 Å². The standard InChI is InChI=1S/C24H23N3O2S2/c1-16-9-3-5-11-18(16)27-23(29)21(31-24(27)30)20-17-10-4-6-12-19(17)26(22(20)28)15-25-13-7-2-8-14-25/h3-6,9-12H,2,7-8,13-15H2,1H3/b21-20-. The summed E-state index contributed by atoms with van der Waals surface area (Å²) in [6.45, 7) is 4.50. The first kappa shape index (κ1) is 20.4. The summed E-state index contributed by atoms with van der Waals surface area (Å²) in [7, 11) is 0. The minimum absolute atomic E-state index is 0.114. The third-order valence-electron chi connectivity index (χ3n) is 6.07. The monoisotopic (exact) mass is 449 g/mol. The molecule has 0 unspecified atom stereocenters. The Morgan fingerprint density at radius 3 is 2.32 bits per heavy atom. The van der Waals surface area contributed by atoms with Gasteiger partial charge >= 0.3 is 0 Å². The molecule has 31 heavy (non-hydrogen) atoms. The Bertz CT molecular complexity index is 1120. The van der Waals surface area contributed by atoms with Crippen LogP contribution in [0.25, 0.3) is 5.57 Å². The molecule has 0 bridgehead atoms. The van der Waals surface area contributed by atoms with Crippen molar-refractivity contribution in [3.05, 3.63) is 64.6 Å². The van der Waals surface area contributed by atoms with Gasteiger partial charge < -0.3 is 0 Å². The molecular weight excluding hydrogens is 426 g/mol. The summed E-state index contributed by atoms with van der Waals surface area (Å²) in [5.74, 6) is -0.334. The van der Waals surface area contributed by atoms with Gasteiger partial charge in [-0.3, -0.25) is 24.3 Å². The maximum atomic E-state index is 13.6. The number of aryl methyl sites for hydroxylation is 1. The number of nitrogens with zero attached hydrogens (tertiary/aromatic N) is 3. The van der Waals surface area contributed by atoms with Crippen molar-refractivity contribution in [1.29, 1.82) is 0 Å². The molecule has 0 saturated carbocycles. The predicted molar refractivity (Wildman–Crippen MR) is 130 cm³/mol. The fourth-order valence-electron chi connectivity index (χ4n) is 4.48. The van der Waals surface area contributed by atoms with Crippen molar-refractivity contribution in [2.45, 2.75) is 26.2 Å². The van der Waals surface area contributed by atoms with Gasteiger partial charge in [0.05, 0.1) is 28.5 Å². The van der Waals surface area contributed by atoms with E-state index in [4.69, 9.17) is 12.2 Å². The molecule has 158 valence electrons. The molecule has 0 atom stereocenters. The second-order valence-electron chi connectivity index (χ2n) is 8.07. The highest BCUT2D eigenvalue weighted by molar-refractivity contribution is 8.27. The lowest BCUT2D eigenvalue weighted by molar-refractivity contribution is -0.115. The van der Waals surface area contributed by atoms with Gasteiger partial charge in [-0.1, -0.05) is 66.8 Å². The molecule has 3 heterocycles. The van der Waals surface area contributed by atoms with E-state index in [0.717, 1.165) is 48.4 Å². The van der Waals surface area contributed by atoms with E-state index in [0.29, 0.717) is 21.5 Å². The molecule has 5 rings (SSSR count). The van der Waals surface area contributed by atoms with Gasteiger partial charge in [-0.2, -0.15) is 0 Å². The topological polar surface area (TPSA) is 43.9 Å². The molecule has 0 spiro atoms. The summed E-state index contributed by atoms with van der Waals surface area (Å²) in [6.07, 6.45) is 3.56. The van der Waals surface area contributed by atoms with E-state index in [1.807, 2.05) is 60.4 Å². The van der Waals surface area contributed by atoms with E-state index in [2.05, 4.69) is 4.90 Å². The van der Waals surface area contributed by atoms with Crippen LogP contribution >= 0.6 is 24.0 Å². The van der Waals surface area contributed by atoms with Crippen molar-refractivity contribution in [1.82, 2.24) is 4.90 Å². The molecule has 0 aromatic heterocycles. The minimum atomic E-state index is -0.220. The van der Waals surface area contributed by atoms with E-state index in [1.165, 1.54) is 18.2 Å². The van der Waals surface area contributed by atoms with Crippen LogP contribution in [0.5, 0.6) is 0 Å². The summed E-state index contributed by atoms with van der Waals surface area (Å²) in [4.78, 5) is 33.2. The van der Waals surface area contributed by atoms with Crippen molar-refractivity contribution >= 4 is 57.1 Å². The van der Waals surface area contributed by atoms with Crippen LogP contribution in [0.1, 0.15) is 30.4 Å². The lowest BCUT2D eigenvalue weighted by atomic mass is 10.1. The smallest absolute Gasteiger partial charge is 0.271 e. The highest BCUT2D eigenvalue weighted by atomic mass is 32.2. The summed E-state index contributed by atoms with van der Waals surface area (Å²) in [5, 5.41) is 0. The van der Waals surface area contributed by atoms with Crippen LogP contribution in [0.15, 0.2) is 53.4 Å². The van der Waals surface area contributed by atoms with Gasteiger partial charge in [0.1, 0.15) is 0 Å². The number of carbonyl (C=O) groups excluding carboxylic acids is 2. The average molecular weight is 450 g/mol. The molecule has 3 aliphatic heterocycles. The Morgan fingerprint density at radius 2 is 1.58 bits per heavy atom. The normalized spacial score (nSPS) is 21.9. The molecule has 0 aliphatic carbocycles. The zero-order chi connectivity index (χ0) is 21.5. The van der Waals surface area contributed by atoms with Gasteiger partial charge in [0.2, 0.25) is 0 Å². The SMILES string of the molecule is Cc1ccccc1N1C(=O)/C(=C2/C(=O)N(CN3CCCCC3)c3ccccc32)SC1=S. The number of para-hydroxylation sites is 2. The maximum absolute atomic E-state index is 13.6. The molecule has 2 amide bonds. The van der Waals surface area contributed by atoms with E-state index in [9.17, 15) is 9.59 Å². The average Bonchev–Trinajstić information content (AvgIpc) is 3.22. The minimum Gasteiger partial charge on any atom is -0.294 e. The molecule has 7 heteroatoms. The fraction of sp³-hybridized carbons (Fsp3) is 0.292. The van der Waals surface area contributed by atoms with Crippen molar-refractivity contribution in [3.8, 4) is 0 Å². The molecular formula is C24H23N3O2S2. The second kappa shape index (κ2) is 8.22. The number of rotatable bonds is 3. The number of fused-ring (bicyclic) bond motifs is 1. The summed E-state index contributed by atoms with van der Waals surface area (Å²) >= 11 is 6.79. The third-order valence-corrected chi connectivity index (χ3v) is 7.44. The number of anilines is 2. The van der Waals surface area contributed by atoms with Gasteiger partial charge in [0, 0.05) is 5.56 Å². The van der Waals surface area contributed by atoms with Crippen LogP contribution in [0.4, 0.5) is 11.4 Å². The van der Waals surface area contributed by atoms with Crippen molar-refractivity contribution in [2.24, 2.45) is 0 Å². The summed E-state index contributed by atoms with van der Waals surface area (Å²) in [5.41, 5.74) is 3.89. The number of thioether (sulfide) groups is 1. The number of piperidine rings is 1. The Morgan fingerprint density at radius 1 is 0.903 bits per heavy atom. The Balaban J connectivity index is 1.55. The third kappa shape index (κ3) is 3.50. The fourth-order valence-corrected chi connectivity index (χ4v) is 5.84. The number of likely N-dealkylation sites (tertiary alicyclic amines) is 1. The zero-order valence-electron chi connectivity index (χ0n) is 17.3. The Labute approximate surface area is 191 Å². The highest BCUT2D eigenvalue weighted by Gasteiger charge is 2.43. The lowest BCUT2D eigenvalue weighted by Gasteiger charge is -2.30. The first-order chi connectivity index (χ1) is 15.1. The highest BCUT2D eigenvalue weighted by Crippen LogP contribution is 2.45. The number of benzene rings is 2. The van der Waals surface area contributed by atoms with Crippen LogP contribution in [0.2, 0.25) is 0 Å². The molecule has 0 N–H and O–H groups in total. The predicted octanol–water partition coefficient (Wildman–Crippen LogP) is 4.56. The Kier molecular flexibility index (Phi) is 5.42. The molecule has 2 aromatic carbocycles. The van der Waals surface area contributed by atoms with E-state index in [1.54, 1.807) is 4.90 Å². The van der Waals surface area contributed by atoms with Crippen molar-refractivity contribution in [3.63, 3.8) is 0 Å². The molecule has 2 aromatic rings. The van der Waals surface area contributed by atoms with E-state index >= 15 is 0 Å². The molecule has 0 radical (unpaired) electrons. The van der Waals surface area contributed by atoms with Gasteiger partial charge in [-0.25, -0.2) is 0 Å². The lowest BCUT2D eigenvalue weighted by Crippen LogP contribution is -2.42. The number of hydrogen-bond acceptors (Lipinski definition) is 5. The Hall–Kier alpha value is -2.48.